The number of aryl methyl sites for hydroxylation is 1. The minimum Gasteiger partial charge on any atom is -0.477 e. The Labute approximate surface area is 163 Å². The molecule has 0 radical (unpaired) electrons. The number of nitrogens with zero attached hydrogens (tertiary/aromatic N) is 6. The fourth-order valence-electron chi connectivity index (χ4n) is 2.71. The summed E-state index contributed by atoms with van der Waals surface area (Å²) in [6.07, 6.45) is 7.97. The van der Waals surface area contributed by atoms with E-state index in [9.17, 15) is 4.79 Å². The number of pyridine rings is 1. The lowest BCUT2D eigenvalue weighted by Crippen LogP contribution is -2.28. The topological polar surface area (TPSA) is 104 Å². The first-order chi connectivity index (χ1) is 13.6. The van der Waals surface area contributed by atoms with Gasteiger partial charge in [0.15, 0.2) is 5.69 Å². The second-order valence-electron chi connectivity index (χ2n) is 6.37. The van der Waals surface area contributed by atoms with E-state index in [1.807, 2.05) is 25.1 Å². The maximum absolute atomic E-state index is 12.7. The van der Waals surface area contributed by atoms with E-state index in [1.165, 1.54) is 17.4 Å². The fraction of sp³-hybridized carbons (Fsp3) is 0.300. The Balaban J connectivity index is 1.49. The van der Waals surface area contributed by atoms with E-state index in [2.05, 4.69) is 26.6 Å². The Kier molecular flexibility index (Phi) is 6.07. The van der Waals surface area contributed by atoms with Gasteiger partial charge in [0.25, 0.3) is 5.91 Å². The van der Waals surface area contributed by atoms with Crippen LogP contribution in [0.4, 0.5) is 0 Å². The third-order valence-electron chi connectivity index (χ3n) is 4.23. The van der Waals surface area contributed by atoms with Crippen molar-refractivity contribution < 1.29 is 9.53 Å². The highest BCUT2D eigenvalue weighted by molar-refractivity contribution is 5.94. The molecule has 2 aromatic rings. The van der Waals surface area contributed by atoms with Crippen LogP contribution < -0.4 is 4.74 Å². The molecule has 0 bridgehead atoms. The molecule has 0 fully saturated rings. The molecule has 3 heterocycles. The molecule has 0 aliphatic carbocycles. The summed E-state index contributed by atoms with van der Waals surface area (Å²) in [5.74, 6) is 0.130. The van der Waals surface area contributed by atoms with Crippen LogP contribution in [0.5, 0.6) is 5.88 Å². The molecule has 1 unspecified atom stereocenters. The number of hydrogen-bond donors (Lipinski definition) is 0. The zero-order valence-electron chi connectivity index (χ0n) is 15.6. The number of hydrazone groups is 1. The molecule has 1 aliphatic heterocycles. The molecule has 0 saturated carbocycles. The molecule has 3 rings (SSSR count). The first kappa shape index (κ1) is 19.2. The van der Waals surface area contributed by atoms with Crippen LogP contribution in [0.2, 0.25) is 0 Å². The van der Waals surface area contributed by atoms with Crippen LogP contribution in [0, 0.1) is 18.3 Å². The lowest BCUT2D eigenvalue weighted by molar-refractivity contribution is -0.129. The molecule has 0 saturated heterocycles. The molecule has 0 N–H and O–H groups in total. The average Bonchev–Trinajstić information content (AvgIpc) is 3.21. The number of carbonyl (C=O) groups excluding carboxylic acids is 1. The predicted molar refractivity (Wildman–Crippen MR) is 102 cm³/mol. The third-order valence-corrected chi connectivity index (χ3v) is 4.23. The average molecular weight is 376 g/mol. The van der Waals surface area contributed by atoms with E-state index in [0.717, 1.165) is 11.3 Å². The lowest BCUT2D eigenvalue weighted by atomic mass is 10.1. The summed E-state index contributed by atoms with van der Waals surface area (Å²) in [6.45, 7) is 6.23. The summed E-state index contributed by atoms with van der Waals surface area (Å²) in [5.41, 5.74) is 2.57. The van der Waals surface area contributed by atoms with Gasteiger partial charge in [-0.2, -0.15) is 10.4 Å². The van der Waals surface area contributed by atoms with Crippen molar-refractivity contribution in [3.05, 3.63) is 59.8 Å². The number of ether oxygens (including phenoxy) is 1. The molecule has 8 heteroatoms. The van der Waals surface area contributed by atoms with E-state index in [1.54, 1.807) is 12.4 Å². The van der Waals surface area contributed by atoms with Crippen LogP contribution >= 0.6 is 0 Å². The summed E-state index contributed by atoms with van der Waals surface area (Å²) in [7, 11) is 0. The van der Waals surface area contributed by atoms with Gasteiger partial charge < -0.3 is 4.74 Å². The van der Waals surface area contributed by atoms with Crippen LogP contribution in [-0.2, 0) is 4.79 Å². The van der Waals surface area contributed by atoms with Gasteiger partial charge in [-0.3, -0.25) is 9.78 Å². The number of aromatic nitrogens is 3. The number of rotatable bonds is 7. The highest BCUT2D eigenvalue weighted by Gasteiger charge is 2.30. The van der Waals surface area contributed by atoms with Gasteiger partial charge in [-0.05, 0) is 31.4 Å². The van der Waals surface area contributed by atoms with Gasteiger partial charge in [0.05, 0.1) is 24.7 Å². The molecular formula is C20H20N6O2. The quantitative estimate of drug-likeness (QED) is 0.543. The molecule has 142 valence electrons. The number of amides is 1. The maximum Gasteiger partial charge on any atom is 0.269 e. The van der Waals surface area contributed by atoms with Crippen LogP contribution in [0.15, 0.2) is 48.0 Å². The fourth-order valence-corrected chi connectivity index (χ4v) is 2.71. The van der Waals surface area contributed by atoms with Crippen LogP contribution in [-0.4, -0.2) is 38.7 Å². The van der Waals surface area contributed by atoms with Gasteiger partial charge in [-0.25, -0.2) is 15.0 Å². The number of hydrogen-bond acceptors (Lipinski definition) is 7. The summed E-state index contributed by atoms with van der Waals surface area (Å²) >= 11 is 0. The Hall–Kier alpha value is -3.60. The minimum atomic E-state index is -0.209. The smallest absolute Gasteiger partial charge is 0.269 e. The lowest BCUT2D eigenvalue weighted by Gasteiger charge is -2.22. The van der Waals surface area contributed by atoms with Gasteiger partial charge in [-0.15, -0.1) is 0 Å². The molecular weight excluding hydrogens is 356 g/mol. The summed E-state index contributed by atoms with van der Waals surface area (Å²) in [4.78, 5) is 25.0. The zero-order valence-corrected chi connectivity index (χ0v) is 15.6. The first-order valence-electron chi connectivity index (χ1n) is 8.89. The maximum atomic E-state index is 12.7. The van der Waals surface area contributed by atoms with Gasteiger partial charge in [0, 0.05) is 24.4 Å². The molecule has 2 aromatic heterocycles. The van der Waals surface area contributed by atoms with Crippen molar-refractivity contribution in [2.24, 2.45) is 5.10 Å². The van der Waals surface area contributed by atoms with Gasteiger partial charge >= 0.3 is 0 Å². The summed E-state index contributed by atoms with van der Waals surface area (Å²) in [5, 5.41) is 14.4. The van der Waals surface area contributed by atoms with E-state index < -0.39 is 0 Å². The van der Waals surface area contributed by atoms with E-state index in [4.69, 9.17) is 10.00 Å². The van der Waals surface area contributed by atoms with Crippen molar-refractivity contribution in [3.8, 4) is 11.9 Å². The van der Waals surface area contributed by atoms with E-state index in [0.29, 0.717) is 37.3 Å². The van der Waals surface area contributed by atoms with Gasteiger partial charge in [0.2, 0.25) is 5.88 Å². The molecule has 1 aliphatic rings. The predicted octanol–water partition coefficient (Wildman–Crippen LogP) is 2.73. The van der Waals surface area contributed by atoms with Gasteiger partial charge in [-0.1, -0.05) is 12.6 Å². The largest absolute Gasteiger partial charge is 0.477 e. The summed E-state index contributed by atoms with van der Waals surface area (Å²) < 4.78 is 5.47. The molecule has 28 heavy (non-hydrogen) atoms. The van der Waals surface area contributed by atoms with Crippen LogP contribution in [0.25, 0.3) is 0 Å². The van der Waals surface area contributed by atoms with Crippen molar-refractivity contribution in [3.63, 3.8) is 0 Å². The Morgan fingerprint density at radius 3 is 2.86 bits per heavy atom. The first-order valence-corrected chi connectivity index (χ1v) is 8.89. The molecule has 0 aromatic carbocycles. The highest BCUT2D eigenvalue weighted by atomic mass is 16.5. The molecule has 0 spiro atoms. The van der Waals surface area contributed by atoms with E-state index in [-0.39, 0.29) is 17.6 Å². The number of carbonyl (C=O) groups is 1. The van der Waals surface area contributed by atoms with Crippen molar-refractivity contribution in [1.82, 2.24) is 20.0 Å². The summed E-state index contributed by atoms with van der Waals surface area (Å²) in [6, 6.07) is 5.59. The SMILES string of the molecule is C=C(CCCOc1cnc(C#N)cn1)C(=O)N1N=CCC1c1ccc(C)cn1. The number of nitriles is 1. The Morgan fingerprint density at radius 2 is 2.18 bits per heavy atom. The van der Waals surface area contributed by atoms with E-state index >= 15 is 0 Å². The Morgan fingerprint density at radius 1 is 1.32 bits per heavy atom. The third kappa shape index (κ3) is 4.57. The Bertz CT molecular complexity index is 915. The van der Waals surface area contributed by atoms with Crippen molar-refractivity contribution in [1.29, 1.82) is 5.26 Å². The van der Waals surface area contributed by atoms with Crippen LogP contribution in [0.1, 0.15) is 42.3 Å². The van der Waals surface area contributed by atoms with Gasteiger partial charge in [0.1, 0.15) is 12.1 Å². The van der Waals surface area contributed by atoms with Crippen LogP contribution in [0.3, 0.4) is 0 Å². The van der Waals surface area contributed by atoms with Crippen molar-refractivity contribution >= 4 is 12.1 Å². The molecule has 1 amide bonds. The monoisotopic (exact) mass is 376 g/mol. The van der Waals surface area contributed by atoms with Crippen molar-refractivity contribution in [2.45, 2.75) is 32.2 Å². The van der Waals surface area contributed by atoms with Crippen molar-refractivity contribution in [2.75, 3.05) is 6.61 Å². The second-order valence-corrected chi connectivity index (χ2v) is 6.37. The standard InChI is InChI=1S/C20H20N6O2/c1-14-5-6-17(23-11-14)18-7-8-25-26(18)20(27)15(2)4-3-9-28-19-13-22-16(10-21)12-24-19/h5-6,8,11-13,18H,2-4,7,9H2,1H3. The zero-order chi connectivity index (χ0) is 19.9. The second kappa shape index (κ2) is 8.86. The molecule has 1 atom stereocenters. The minimum absolute atomic E-state index is 0.199. The normalized spacial score (nSPS) is 15.3. The molecule has 8 nitrogen and oxygen atoms in total. The highest BCUT2D eigenvalue weighted by Crippen LogP contribution is 2.28.